The van der Waals surface area contributed by atoms with Gasteiger partial charge in [0, 0.05) is 19.1 Å². The van der Waals surface area contributed by atoms with Gasteiger partial charge in [0.25, 0.3) is 5.69 Å². The summed E-state index contributed by atoms with van der Waals surface area (Å²) in [6, 6.07) is 5.37. The zero-order chi connectivity index (χ0) is 24.9. The number of esters is 2. The van der Waals surface area contributed by atoms with Crippen molar-refractivity contribution in [1.82, 2.24) is 4.90 Å². The maximum absolute atomic E-state index is 12.8. The Labute approximate surface area is 189 Å². The summed E-state index contributed by atoms with van der Waals surface area (Å²) >= 11 is 0. The number of non-ortho nitro benzene ring substituents is 1. The highest BCUT2D eigenvalue weighted by Crippen LogP contribution is 2.37. The van der Waals surface area contributed by atoms with E-state index in [4.69, 9.17) is 18.9 Å². The van der Waals surface area contributed by atoms with Gasteiger partial charge in [0.15, 0.2) is 6.23 Å². The van der Waals surface area contributed by atoms with Crippen molar-refractivity contribution in [2.24, 2.45) is 5.92 Å². The van der Waals surface area contributed by atoms with E-state index in [1.165, 1.54) is 31.2 Å². The van der Waals surface area contributed by atoms with Crippen molar-refractivity contribution in [1.29, 1.82) is 0 Å². The number of likely N-dealkylation sites (tertiary alicyclic amines) is 1. The molecule has 178 valence electrons. The van der Waals surface area contributed by atoms with Crippen molar-refractivity contribution in [3.8, 4) is 0 Å². The van der Waals surface area contributed by atoms with E-state index in [2.05, 4.69) is 0 Å². The Kier molecular flexibility index (Phi) is 8.10. The zero-order valence-electron chi connectivity index (χ0n) is 18.7. The lowest BCUT2D eigenvalue weighted by Crippen LogP contribution is -2.66. The van der Waals surface area contributed by atoms with Crippen LogP contribution < -0.4 is 0 Å². The van der Waals surface area contributed by atoms with E-state index in [9.17, 15) is 29.3 Å². The molecule has 33 heavy (non-hydrogen) atoms. The monoisotopic (exact) mass is 464 g/mol. The van der Waals surface area contributed by atoms with E-state index < -0.39 is 47.2 Å². The van der Waals surface area contributed by atoms with Gasteiger partial charge in [-0.2, -0.15) is 0 Å². The van der Waals surface area contributed by atoms with E-state index in [1.54, 1.807) is 13.8 Å². The lowest BCUT2D eigenvalue weighted by Gasteiger charge is -2.47. The van der Waals surface area contributed by atoms with Crippen molar-refractivity contribution in [2.45, 2.75) is 46.6 Å². The predicted molar refractivity (Wildman–Crippen MR) is 110 cm³/mol. The number of nitrogens with zero attached hydrogens (tertiary/aromatic N) is 2. The van der Waals surface area contributed by atoms with Crippen molar-refractivity contribution in [3.63, 3.8) is 0 Å². The molecule has 1 aromatic rings. The molecule has 0 aliphatic carbocycles. The molecule has 1 unspecified atom stereocenters. The maximum atomic E-state index is 12.8. The topological polar surface area (TPSA) is 152 Å². The number of nitro groups is 1. The highest BCUT2D eigenvalue weighted by Gasteiger charge is 2.56. The maximum Gasteiger partial charge on any atom is 0.508 e. The summed E-state index contributed by atoms with van der Waals surface area (Å²) in [4.78, 5) is 59.7. The number of nitro benzene ring substituents is 1. The first-order valence-electron chi connectivity index (χ1n) is 9.80. The smallest absolute Gasteiger partial charge is 0.464 e. The third-order valence-electron chi connectivity index (χ3n) is 4.76. The van der Waals surface area contributed by atoms with Gasteiger partial charge in [-0.1, -0.05) is 0 Å². The number of benzene rings is 1. The number of carbonyl (C=O) groups excluding carboxylic acids is 4. The van der Waals surface area contributed by atoms with Crippen LogP contribution in [0.4, 0.5) is 10.5 Å². The van der Waals surface area contributed by atoms with Crippen LogP contribution in [0.25, 0.3) is 0 Å². The zero-order valence-corrected chi connectivity index (χ0v) is 18.7. The Bertz CT molecular complexity index is 981. The van der Waals surface area contributed by atoms with Crippen LogP contribution in [-0.2, 0) is 39.9 Å². The second-order valence-electron chi connectivity index (χ2n) is 7.36. The molecule has 1 heterocycles. The molecule has 1 amide bonds. The van der Waals surface area contributed by atoms with Crippen LogP contribution in [0.5, 0.6) is 0 Å². The van der Waals surface area contributed by atoms with E-state index in [-0.39, 0.29) is 18.0 Å². The third kappa shape index (κ3) is 5.84. The summed E-state index contributed by atoms with van der Waals surface area (Å²) in [7, 11) is 1.15. The molecule has 3 atom stereocenters. The molecule has 0 aromatic heterocycles. The highest BCUT2D eigenvalue weighted by molar-refractivity contribution is 5.99. The number of carbonyl (C=O) groups is 4. The minimum absolute atomic E-state index is 0.0713. The molecule has 0 spiro atoms. The minimum Gasteiger partial charge on any atom is -0.464 e. The van der Waals surface area contributed by atoms with Gasteiger partial charge >= 0.3 is 18.1 Å². The van der Waals surface area contributed by atoms with Gasteiger partial charge in [-0.25, -0.2) is 9.59 Å². The number of ether oxygens (including phenoxy) is 4. The summed E-state index contributed by atoms with van der Waals surface area (Å²) in [6.07, 6.45) is -3.33. The van der Waals surface area contributed by atoms with Crippen LogP contribution in [-0.4, -0.2) is 53.3 Å². The lowest BCUT2D eigenvalue weighted by atomic mass is 9.89. The van der Waals surface area contributed by atoms with Crippen LogP contribution in [0.3, 0.4) is 0 Å². The van der Waals surface area contributed by atoms with Gasteiger partial charge in [0.1, 0.15) is 24.3 Å². The predicted octanol–water partition coefficient (Wildman–Crippen LogP) is 2.45. The van der Waals surface area contributed by atoms with Gasteiger partial charge in [0.05, 0.1) is 12.0 Å². The molecule has 1 aliphatic heterocycles. The van der Waals surface area contributed by atoms with E-state index in [0.717, 1.165) is 18.9 Å². The quantitative estimate of drug-likeness (QED) is 0.140. The molecule has 12 nitrogen and oxygen atoms in total. The first-order chi connectivity index (χ1) is 15.5. The largest absolute Gasteiger partial charge is 0.508 e. The van der Waals surface area contributed by atoms with Gasteiger partial charge in [-0.3, -0.25) is 24.6 Å². The van der Waals surface area contributed by atoms with Crippen LogP contribution in [0.15, 0.2) is 35.5 Å². The lowest BCUT2D eigenvalue weighted by molar-refractivity contribution is -0.384. The Hall–Kier alpha value is -3.96. The van der Waals surface area contributed by atoms with Gasteiger partial charge in [-0.05, 0) is 44.0 Å². The Morgan fingerprint density at radius 3 is 2.24 bits per heavy atom. The molecule has 12 heteroatoms. The first-order valence-corrected chi connectivity index (χ1v) is 9.80. The fourth-order valence-corrected chi connectivity index (χ4v) is 3.21. The molecule has 2 rings (SSSR count). The standard InChI is InChI=1S/C21H24N2O10/c1-11(2)17(20(26)30-5)22-18(25)16(19(22)33-13(4)24)12(3)32-21(27)31-10-14-6-8-15(9-7-14)23(28)29/h6-9,12,16,19H,10H2,1-5H3/t12-,16+,19?/m1/s1. The molecular formula is C21H24N2O10. The summed E-state index contributed by atoms with van der Waals surface area (Å²) in [5, 5.41) is 10.7. The Morgan fingerprint density at radius 2 is 1.76 bits per heavy atom. The molecule has 1 saturated heterocycles. The van der Waals surface area contributed by atoms with Gasteiger partial charge in [-0.15, -0.1) is 0 Å². The fraction of sp³-hybridized carbons (Fsp3) is 0.429. The molecular weight excluding hydrogens is 440 g/mol. The van der Waals surface area contributed by atoms with Crippen molar-refractivity contribution < 1.29 is 43.0 Å². The number of hydrogen-bond acceptors (Lipinski definition) is 10. The average Bonchev–Trinajstić information content (AvgIpc) is 2.74. The number of β-lactam (4-membered cyclic amide) rings is 1. The highest BCUT2D eigenvalue weighted by atomic mass is 16.7. The molecule has 0 N–H and O–H groups in total. The third-order valence-corrected chi connectivity index (χ3v) is 4.76. The van der Waals surface area contributed by atoms with E-state index in [0.29, 0.717) is 11.1 Å². The van der Waals surface area contributed by atoms with Crippen LogP contribution >= 0.6 is 0 Å². The van der Waals surface area contributed by atoms with Crippen LogP contribution in [0.1, 0.15) is 33.3 Å². The average molecular weight is 464 g/mol. The number of methoxy groups -OCH3 is 1. The van der Waals surface area contributed by atoms with Crippen LogP contribution in [0.2, 0.25) is 0 Å². The van der Waals surface area contributed by atoms with Crippen molar-refractivity contribution >= 4 is 29.7 Å². The van der Waals surface area contributed by atoms with Gasteiger partial charge in [0.2, 0.25) is 5.91 Å². The number of amides is 1. The minimum atomic E-state index is -1.18. The summed E-state index contributed by atoms with van der Waals surface area (Å²) < 4.78 is 20.1. The fourth-order valence-electron chi connectivity index (χ4n) is 3.21. The molecule has 0 saturated carbocycles. The summed E-state index contributed by atoms with van der Waals surface area (Å²) in [5.74, 6) is -3.15. The van der Waals surface area contributed by atoms with E-state index in [1.807, 2.05) is 0 Å². The molecule has 1 aliphatic rings. The number of rotatable bonds is 8. The summed E-state index contributed by atoms with van der Waals surface area (Å²) in [5.41, 5.74) is 0.766. The Morgan fingerprint density at radius 1 is 1.15 bits per heavy atom. The molecule has 0 radical (unpaired) electrons. The van der Waals surface area contributed by atoms with E-state index >= 15 is 0 Å². The van der Waals surface area contributed by atoms with Gasteiger partial charge < -0.3 is 18.9 Å². The van der Waals surface area contributed by atoms with Crippen molar-refractivity contribution in [3.05, 3.63) is 51.2 Å². The second-order valence-corrected chi connectivity index (χ2v) is 7.36. The SMILES string of the molecule is COC(=O)C(=C(C)C)N1C(=O)[C@H]([C@@H](C)OC(=O)OCc2ccc([N+](=O)[O-])cc2)C1OC(C)=O. The number of allylic oxidation sites excluding steroid dienone is 1. The normalized spacial score (nSPS) is 17.8. The second kappa shape index (κ2) is 10.6. The first kappa shape index (κ1) is 25.3. The summed E-state index contributed by atoms with van der Waals surface area (Å²) in [6.45, 7) is 5.53. The molecule has 1 aromatic carbocycles. The molecule has 1 fully saturated rings. The van der Waals surface area contributed by atoms with Crippen LogP contribution in [0, 0.1) is 16.0 Å². The molecule has 0 bridgehead atoms. The number of hydrogen-bond donors (Lipinski definition) is 0. The Balaban J connectivity index is 2.06. The van der Waals surface area contributed by atoms with Crippen molar-refractivity contribution in [2.75, 3.05) is 7.11 Å².